The molecule has 6 heteroatoms. The first-order valence-electron chi connectivity index (χ1n) is 9.21. The van der Waals surface area contributed by atoms with Gasteiger partial charge in [0.25, 0.3) is 5.91 Å². The van der Waals surface area contributed by atoms with Crippen molar-refractivity contribution in [2.24, 2.45) is 5.41 Å². The Morgan fingerprint density at radius 3 is 2.29 bits per heavy atom. The molecule has 0 radical (unpaired) electrons. The Morgan fingerprint density at radius 1 is 1.11 bits per heavy atom. The maximum Gasteiger partial charge on any atom is 0.253 e. The molecule has 2 heterocycles. The summed E-state index contributed by atoms with van der Waals surface area (Å²) in [7, 11) is 0. The molecule has 3 rings (SSSR count). The Bertz CT molecular complexity index is 969. The Balaban J connectivity index is 1.82. The second-order valence-corrected chi connectivity index (χ2v) is 8.07. The fourth-order valence-corrected chi connectivity index (χ4v) is 3.18. The fourth-order valence-electron chi connectivity index (χ4n) is 3.18. The third-order valence-corrected chi connectivity index (χ3v) is 4.58. The second kappa shape index (κ2) is 7.54. The van der Waals surface area contributed by atoms with Gasteiger partial charge in [-0.05, 0) is 55.2 Å². The minimum Gasteiger partial charge on any atom is -0.345 e. The van der Waals surface area contributed by atoms with Crippen molar-refractivity contribution in [2.75, 3.05) is 0 Å². The lowest BCUT2D eigenvalue weighted by molar-refractivity contribution is 0.0901. The van der Waals surface area contributed by atoms with E-state index in [-0.39, 0.29) is 23.2 Å². The van der Waals surface area contributed by atoms with Crippen LogP contribution in [0.2, 0.25) is 0 Å². The van der Waals surface area contributed by atoms with Gasteiger partial charge >= 0.3 is 0 Å². The number of carbonyl (C=O) groups is 1. The summed E-state index contributed by atoms with van der Waals surface area (Å²) < 4.78 is 15.0. The van der Waals surface area contributed by atoms with Crippen LogP contribution < -0.4 is 5.32 Å². The van der Waals surface area contributed by atoms with E-state index in [2.05, 4.69) is 15.4 Å². The molecule has 0 saturated carbocycles. The van der Waals surface area contributed by atoms with E-state index < -0.39 is 0 Å². The lowest BCUT2D eigenvalue weighted by Gasteiger charge is -2.32. The maximum atomic E-state index is 13.3. The van der Waals surface area contributed by atoms with Crippen LogP contribution in [-0.2, 0) is 0 Å². The van der Waals surface area contributed by atoms with E-state index in [0.29, 0.717) is 11.4 Å². The summed E-state index contributed by atoms with van der Waals surface area (Å²) in [6.07, 6.45) is 1.55. The summed E-state index contributed by atoms with van der Waals surface area (Å²) in [5.74, 6) is 0.136. The average Bonchev–Trinajstić information content (AvgIpc) is 2.98. The molecule has 5 nitrogen and oxygen atoms in total. The first-order valence-corrected chi connectivity index (χ1v) is 9.21. The van der Waals surface area contributed by atoms with Crippen LogP contribution in [0.5, 0.6) is 0 Å². The first kappa shape index (κ1) is 19.7. The van der Waals surface area contributed by atoms with Gasteiger partial charge < -0.3 is 5.32 Å². The Morgan fingerprint density at radius 2 is 1.79 bits per heavy atom. The number of nitrogens with zero attached hydrogens (tertiary/aromatic N) is 3. The minimum atomic E-state index is -0.299. The molecule has 1 atom stereocenters. The molecule has 0 aliphatic heterocycles. The predicted molar refractivity (Wildman–Crippen MR) is 107 cm³/mol. The molecule has 28 heavy (non-hydrogen) atoms. The van der Waals surface area contributed by atoms with Gasteiger partial charge in [-0.15, -0.1) is 0 Å². The number of rotatable bonds is 4. The van der Waals surface area contributed by atoms with E-state index in [9.17, 15) is 9.18 Å². The summed E-state index contributed by atoms with van der Waals surface area (Å²) >= 11 is 0. The largest absolute Gasteiger partial charge is 0.345 e. The van der Waals surface area contributed by atoms with Crippen LogP contribution in [0.25, 0.3) is 5.82 Å². The molecule has 1 unspecified atom stereocenters. The number of carbonyl (C=O) groups excluding carboxylic acids is 1. The molecule has 0 fully saturated rings. The first-order chi connectivity index (χ1) is 13.1. The third-order valence-electron chi connectivity index (χ3n) is 4.58. The van der Waals surface area contributed by atoms with Crippen molar-refractivity contribution in [3.05, 3.63) is 77.0 Å². The van der Waals surface area contributed by atoms with Crippen molar-refractivity contribution in [3.8, 4) is 5.82 Å². The van der Waals surface area contributed by atoms with E-state index in [0.717, 1.165) is 17.0 Å². The van der Waals surface area contributed by atoms with E-state index in [1.165, 1.54) is 12.1 Å². The van der Waals surface area contributed by atoms with Gasteiger partial charge in [0.2, 0.25) is 0 Å². The van der Waals surface area contributed by atoms with Gasteiger partial charge in [0.05, 0.1) is 17.3 Å². The molecule has 1 N–H and O–H groups in total. The second-order valence-electron chi connectivity index (χ2n) is 8.07. The summed E-state index contributed by atoms with van der Waals surface area (Å²) in [5, 5.41) is 7.47. The summed E-state index contributed by atoms with van der Waals surface area (Å²) in [5.41, 5.74) is 2.96. The lowest BCUT2D eigenvalue weighted by Crippen LogP contribution is -2.36. The van der Waals surface area contributed by atoms with Crippen molar-refractivity contribution >= 4 is 5.91 Å². The lowest BCUT2D eigenvalue weighted by atomic mass is 9.82. The van der Waals surface area contributed by atoms with Crippen LogP contribution in [0.1, 0.15) is 54.1 Å². The quantitative estimate of drug-likeness (QED) is 0.723. The fraction of sp³-hybridized carbons (Fsp3) is 0.318. The number of aryl methyl sites for hydroxylation is 2. The number of nitrogens with one attached hydrogen (secondary N) is 1. The zero-order chi connectivity index (χ0) is 20.5. The van der Waals surface area contributed by atoms with Crippen molar-refractivity contribution in [1.82, 2.24) is 20.1 Å². The highest BCUT2D eigenvalue weighted by molar-refractivity contribution is 5.94. The number of benzene rings is 1. The zero-order valence-corrected chi connectivity index (χ0v) is 16.8. The predicted octanol–water partition coefficient (Wildman–Crippen LogP) is 4.54. The normalized spacial score (nSPS) is 12.6. The van der Waals surface area contributed by atoms with E-state index in [1.807, 2.05) is 40.7 Å². The smallest absolute Gasteiger partial charge is 0.253 e. The van der Waals surface area contributed by atoms with Crippen LogP contribution in [0.15, 0.2) is 48.7 Å². The van der Waals surface area contributed by atoms with E-state index >= 15 is 0 Å². The molecule has 1 aromatic carbocycles. The van der Waals surface area contributed by atoms with Gasteiger partial charge in [-0.2, -0.15) is 5.10 Å². The molecule has 0 aliphatic rings. The molecule has 0 bridgehead atoms. The van der Waals surface area contributed by atoms with Gasteiger partial charge in [0.1, 0.15) is 5.82 Å². The van der Waals surface area contributed by atoms with E-state index in [1.54, 1.807) is 35.1 Å². The Labute approximate surface area is 164 Å². The van der Waals surface area contributed by atoms with Crippen LogP contribution in [0.3, 0.4) is 0 Å². The summed E-state index contributed by atoms with van der Waals surface area (Å²) in [4.78, 5) is 17.2. The van der Waals surface area contributed by atoms with E-state index in [4.69, 9.17) is 0 Å². The SMILES string of the molecule is Cc1cc(C)n(-c2ccc(C(=O)NC(c3ccc(F)cc3)C(C)(C)C)cn2)n1. The Kier molecular flexibility index (Phi) is 5.31. The number of halogens is 1. The summed E-state index contributed by atoms with van der Waals surface area (Å²) in [6, 6.07) is 11.4. The highest BCUT2D eigenvalue weighted by atomic mass is 19.1. The summed E-state index contributed by atoms with van der Waals surface area (Å²) in [6.45, 7) is 9.98. The highest BCUT2D eigenvalue weighted by Crippen LogP contribution is 2.33. The standard InChI is InChI=1S/C22H25FN4O/c1-14-12-15(2)27(26-14)19-11-8-17(13-24-19)21(28)25-20(22(3,4)5)16-6-9-18(23)10-7-16/h6-13,20H,1-5H3,(H,25,28). The van der Waals surface area contributed by atoms with Crippen LogP contribution >= 0.6 is 0 Å². The van der Waals surface area contributed by atoms with Gasteiger partial charge in [-0.1, -0.05) is 32.9 Å². The Hall–Kier alpha value is -3.02. The van der Waals surface area contributed by atoms with Crippen LogP contribution in [0, 0.1) is 25.1 Å². The van der Waals surface area contributed by atoms with Gasteiger partial charge in [0.15, 0.2) is 5.82 Å². The van der Waals surface area contributed by atoms with Crippen molar-refractivity contribution in [3.63, 3.8) is 0 Å². The monoisotopic (exact) mass is 380 g/mol. The number of hydrogen-bond donors (Lipinski definition) is 1. The molecular weight excluding hydrogens is 355 g/mol. The van der Waals surface area contributed by atoms with Gasteiger partial charge in [0, 0.05) is 11.9 Å². The molecule has 0 saturated heterocycles. The minimum absolute atomic E-state index is 0.225. The van der Waals surface area contributed by atoms with Gasteiger partial charge in [-0.25, -0.2) is 14.1 Å². The topological polar surface area (TPSA) is 59.8 Å². The van der Waals surface area contributed by atoms with Crippen molar-refractivity contribution < 1.29 is 9.18 Å². The van der Waals surface area contributed by atoms with Crippen molar-refractivity contribution in [2.45, 2.75) is 40.7 Å². The number of aromatic nitrogens is 3. The molecular formula is C22H25FN4O. The molecule has 3 aromatic rings. The van der Waals surface area contributed by atoms with Crippen LogP contribution in [0.4, 0.5) is 4.39 Å². The average molecular weight is 380 g/mol. The molecule has 2 aromatic heterocycles. The maximum absolute atomic E-state index is 13.3. The number of hydrogen-bond acceptors (Lipinski definition) is 3. The zero-order valence-electron chi connectivity index (χ0n) is 16.8. The molecule has 146 valence electrons. The number of pyridine rings is 1. The third kappa shape index (κ3) is 4.27. The number of amides is 1. The van der Waals surface area contributed by atoms with Crippen LogP contribution in [-0.4, -0.2) is 20.7 Å². The molecule has 0 aliphatic carbocycles. The molecule has 0 spiro atoms. The van der Waals surface area contributed by atoms with Gasteiger partial charge in [-0.3, -0.25) is 4.79 Å². The molecule has 1 amide bonds. The highest BCUT2D eigenvalue weighted by Gasteiger charge is 2.28. The van der Waals surface area contributed by atoms with Crippen molar-refractivity contribution in [1.29, 1.82) is 0 Å².